The molecular formula is C17H22BrF3N2O2. The molecule has 140 valence electrons. The molecule has 1 aromatic carbocycles. The lowest BCUT2D eigenvalue weighted by atomic mass is 10.1. The molecule has 0 bridgehead atoms. The summed E-state index contributed by atoms with van der Waals surface area (Å²) in [4.78, 5) is 13.9. The quantitative estimate of drug-likeness (QED) is 0.775. The van der Waals surface area contributed by atoms with Crippen LogP contribution in [0.25, 0.3) is 0 Å². The molecule has 0 aliphatic carbocycles. The van der Waals surface area contributed by atoms with Gasteiger partial charge in [-0.1, -0.05) is 22.0 Å². The van der Waals surface area contributed by atoms with E-state index in [1.54, 1.807) is 20.8 Å². The van der Waals surface area contributed by atoms with Crippen molar-refractivity contribution in [2.24, 2.45) is 0 Å². The number of hydrogen-bond acceptors (Lipinski definition) is 3. The van der Waals surface area contributed by atoms with Gasteiger partial charge in [0.15, 0.2) is 0 Å². The fourth-order valence-electron chi connectivity index (χ4n) is 2.71. The van der Waals surface area contributed by atoms with Gasteiger partial charge in [-0.25, -0.2) is 4.79 Å². The number of carbonyl (C=O) groups is 1. The van der Waals surface area contributed by atoms with E-state index in [0.717, 1.165) is 24.6 Å². The molecule has 0 radical (unpaired) electrons. The van der Waals surface area contributed by atoms with E-state index in [1.165, 1.54) is 12.1 Å². The van der Waals surface area contributed by atoms with Crippen LogP contribution in [0, 0.1) is 0 Å². The van der Waals surface area contributed by atoms with Gasteiger partial charge in [-0.05, 0) is 44.9 Å². The van der Waals surface area contributed by atoms with Gasteiger partial charge in [-0.3, -0.25) is 4.90 Å². The number of benzene rings is 1. The van der Waals surface area contributed by atoms with E-state index in [0.29, 0.717) is 13.1 Å². The normalized spacial score (nSPS) is 19.1. The minimum atomic E-state index is -4.37. The molecule has 1 atom stereocenters. The maximum atomic E-state index is 12.8. The minimum Gasteiger partial charge on any atom is -0.444 e. The van der Waals surface area contributed by atoms with Gasteiger partial charge in [-0.2, -0.15) is 13.2 Å². The first-order valence-electron chi connectivity index (χ1n) is 8.01. The summed E-state index contributed by atoms with van der Waals surface area (Å²) in [6, 6.07) is 4.05. The molecule has 8 heteroatoms. The van der Waals surface area contributed by atoms with E-state index < -0.39 is 23.4 Å². The third-order valence-corrected chi connectivity index (χ3v) is 4.39. The summed E-state index contributed by atoms with van der Waals surface area (Å²) in [5.41, 5.74) is -0.436. The Kier molecular flexibility index (Phi) is 6.04. The number of nitrogens with zero attached hydrogens (tertiary/aromatic N) is 1. The van der Waals surface area contributed by atoms with Crippen molar-refractivity contribution in [3.8, 4) is 0 Å². The molecule has 1 fully saturated rings. The van der Waals surface area contributed by atoms with Gasteiger partial charge in [0, 0.05) is 30.1 Å². The van der Waals surface area contributed by atoms with Crippen LogP contribution >= 0.6 is 15.9 Å². The lowest BCUT2D eigenvalue weighted by Gasteiger charge is -2.22. The second-order valence-corrected chi connectivity index (χ2v) is 8.03. The fraction of sp³-hybridized carbons (Fsp3) is 0.588. The van der Waals surface area contributed by atoms with Crippen molar-refractivity contribution in [2.75, 3.05) is 13.1 Å². The average molecular weight is 423 g/mol. The summed E-state index contributed by atoms with van der Waals surface area (Å²) in [6.07, 6.45) is -4.04. The van der Waals surface area contributed by atoms with E-state index >= 15 is 0 Å². The van der Waals surface area contributed by atoms with E-state index in [4.69, 9.17) is 4.74 Å². The zero-order valence-corrected chi connectivity index (χ0v) is 16.0. The highest BCUT2D eigenvalue weighted by molar-refractivity contribution is 9.10. The number of alkyl carbamates (subject to hydrolysis) is 1. The predicted octanol–water partition coefficient (Wildman–Crippen LogP) is 4.57. The first kappa shape index (κ1) is 20.0. The summed E-state index contributed by atoms with van der Waals surface area (Å²) in [6.45, 7) is 7.34. The van der Waals surface area contributed by atoms with Crippen LogP contribution < -0.4 is 5.32 Å². The predicted molar refractivity (Wildman–Crippen MR) is 92.2 cm³/mol. The Morgan fingerprint density at radius 2 is 2.04 bits per heavy atom. The van der Waals surface area contributed by atoms with E-state index in [2.05, 4.69) is 26.1 Å². The Bertz CT molecular complexity index is 629. The van der Waals surface area contributed by atoms with E-state index in [9.17, 15) is 18.0 Å². The average Bonchev–Trinajstić information content (AvgIpc) is 2.81. The highest BCUT2D eigenvalue weighted by Crippen LogP contribution is 2.35. The van der Waals surface area contributed by atoms with Crippen molar-refractivity contribution >= 4 is 22.0 Å². The number of ether oxygens (including phenoxy) is 1. The molecular weight excluding hydrogens is 401 g/mol. The summed E-state index contributed by atoms with van der Waals surface area (Å²) in [5.74, 6) is 0. The molecule has 1 heterocycles. The number of alkyl halides is 3. The SMILES string of the molecule is CC(C)(C)OC(=O)NC1CCN(Cc2ccc(C(F)(F)F)c(Br)c2)C1. The molecule has 1 amide bonds. The number of hydrogen-bond donors (Lipinski definition) is 1. The Morgan fingerprint density at radius 1 is 1.36 bits per heavy atom. The van der Waals surface area contributed by atoms with Crippen LogP contribution in [0.15, 0.2) is 22.7 Å². The van der Waals surface area contributed by atoms with Crippen molar-refractivity contribution in [2.45, 2.75) is 51.6 Å². The molecule has 25 heavy (non-hydrogen) atoms. The first-order chi connectivity index (χ1) is 11.4. The molecule has 1 aliphatic heterocycles. The summed E-state index contributed by atoms with van der Waals surface area (Å²) >= 11 is 2.99. The second-order valence-electron chi connectivity index (χ2n) is 7.18. The number of likely N-dealkylation sites (tertiary alicyclic amines) is 1. The van der Waals surface area contributed by atoms with Crippen LogP contribution in [-0.4, -0.2) is 35.7 Å². The van der Waals surface area contributed by atoms with Crippen molar-refractivity contribution < 1.29 is 22.7 Å². The monoisotopic (exact) mass is 422 g/mol. The Balaban J connectivity index is 1.89. The lowest BCUT2D eigenvalue weighted by Crippen LogP contribution is -2.40. The van der Waals surface area contributed by atoms with Gasteiger partial charge in [0.05, 0.1) is 5.56 Å². The van der Waals surface area contributed by atoms with Crippen LogP contribution in [0.1, 0.15) is 38.3 Å². The number of rotatable bonds is 3. The van der Waals surface area contributed by atoms with Crippen LogP contribution in [-0.2, 0) is 17.5 Å². The van der Waals surface area contributed by atoms with Crippen LogP contribution in [0.5, 0.6) is 0 Å². The number of nitrogens with one attached hydrogen (secondary N) is 1. The molecule has 0 spiro atoms. The van der Waals surface area contributed by atoms with E-state index in [1.807, 2.05) is 0 Å². The Labute approximate surface area is 153 Å². The summed E-state index contributed by atoms with van der Waals surface area (Å²) in [5, 5.41) is 2.83. The highest BCUT2D eigenvalue weighted by Gasteiger charge is 2.33. The maximum Gasteiger partial charge on any atom is 0.417 e. The zero-order chi connectivity index (χ0) is 18.8. The lowest BCUT2D eigenvalue weighted by molar-refractivity contribution is -0.138. The van der Waals surface area contributed by atoms with Crippen molar-refractivity contribution in [1.82, 2.24) is 10.2 Å². The Morgan fingerprint density at radius 3 is 2.60 bits per heavy atom. The molecule has 2 rings (SSSR count). The maximum absolute atomic E-state index is 12.8. The fourth-order valence-corrected chi connectivity index (χ4v) is 3.36. The van der Waals surface area contributed by atoms with Crippen LogP contribution in [0.2, 0.25) is 0 Å². The molecule has 0 saturated carbocycles. The molecule has 4 nitrogen and oxygen atoms in total. The van der Waals surface area contributed by atoms with E-state index in [-0.39, 0.29) is 10.5 Å². The van der Waals surface area contributed by atoms with Crippen molar-refractivity contribution in [3.63, 3.8) is 0 Å². The third kappa shape index (κ3) is 6.18. The third-order valence-electron chi connectivity index (χ3n) is 3.74. The summed E-state index contributed by atoms with van der Waals surface area (Å²) in [7, 11) is 0. The first-order valence-corrected chi connectivity index (χ1v) is 8.81. The van der Waals surface area contributed by atoms with Gasteiger partial charge < -0.3 is 10.1 Å². The number of carbonyl (C=O) groups excluding carboxylic acids is 1. The number of amides is 1. The highest BCUT2D eigenvalue weighted by atomic mass is 79.9. The van der Waals surface area contributed by atoms with Gasteiger partial charge >= 0.3 is 12.3 Å². The topological polar surface area (TPSA) is 41.6 Å². The van der Waals surface area contributed by atoms with Crippen LogP contribution in [0.4, 0.5) is 18.0 Å². The molecule has 1 saturated heterocycles. The largest absolute Gasteiger partial charge is 0.444 e. The second kappa shape index (κ2) is 7.53. The van der Waals surface area contributed by atoms with Crippen molar-refractivity contribution in [3.05, 3.63) is 33.8 Å². The molecule has 1 N–H and O–H groups in total. The molecule has 1 unspecified atom stereocenters. The van der Waals surface area contributed by atoms with Gasteiger partial charge in [0.1, 0.15) is 5.60 Å². The number of halogens is 4. The molecule has 0 aromatic heterocycles. The Hall–Kier alpha value is -1.28. The summed E-state index contributed by atoms with van der Waals surface area (Å²) < 4.78 is 43.6. The van der Waals surface area contributed by atoms with Gasteiger partial charge in [0.25, 0.3) is 0 Å². The molecule has 1 aliphatic rings. The zero-order valence-electron chi connectivity index (χ0n) is 14.4. The van der Waals surface area contributed by atoms with Crippen LogP contribution in [0.3, 0.4) is 0 Å². The van der Waals surface area contributed by atoms with Gasteiger partial charge in [0.2, 0.25) is 0 Å². The molecule has 1 aromatic rings. The minimum absolute atomic E-state index is 0.0206. The smallest absolute Gasteiger partial charge is 0.417 e. The van der Waals surface area contributed by atoms with Crippen molar-refractivity contribution in [1.29, 1.82) is 0 Å². The van der Waals surface area contributed by atoms with Gasteiger partial charge in [-0.15, -0.1) is 0 Å². The standard InChI is InChI=1S/C17H22BrF3N2O2/c1-16(2,3)25-15(24)22-12-6-7-23(10-12)9-11-4-5-13(14(18)8-11)17(19,20)21/h4-5,8,12H,6-7,9-10H2,1-3H3,(H,22,24).